The first-order valence-electron chi connectivity index (χ1n) is 7.92. The molecule has 1 aliphatic carbocycles. The molecule has 1 aromatic rings. The summed E-state index contributed by atoms with van der Waals surface area (Å²) in [5, 5.41) is 0. The molecule has 0 aliphatic heterocycles. The molecule has 0 aromatic heterocycles. The van der Waals surface area contributed by atoms with Crippen molar-refractivity contribution in [2.24, 2.45) is 5.92 Å². The molecule has 0 saturated heterocycles. The van der Waals surface area contributed by atoms with Crippen molar-refractivity contribution in [1.29, 1.82) is 0 Å². The van der Waals surface area contributed by atoms with Gasteiger partial charge in [0.05, 0.1) is 12.2 Å². The third-order valence-corrected chi connectivity index (χ3v) is 4.34. The molecule has 1 aromatic carbocycles. The Hall–Kier alpha value is -1.64. The van der Waals surface area contributed by atoms with Gasteiger partial charge >= 0.3 is 0 Å². The maximum atomic E-state index is 12.9. The summed E-state index contributed by atoms with van der Waals surface area (Å²) < 4.78 is 18.5. The Labute approximate surface area is 132 Å². The van der Waals surface area contributed by atoms with Crippen LogP contribution in [0, 0.1) is 5.92 Å². The quantitative estimate of drug-likeness (QED) is 0.719. The van der Waals surface area contributed by atoms with E-state index in [0.717, 1.165) is 12.0 Å². The van der Waals surface area contributed by atoms with Crippen molar-refractivity contribution in [3.05, 3.63) is 34.9 Å². The van der Waals surface area contributed by atoms with E-state index in [1.807, 2.05) is 19.1 Å². The summed E-state index contributed by atoms with van der Waals surface area (Å²) in [6, 6.07) is 3.77. The summed E-state index contributed by atoms with van der Waals surface area (Å²) in [5.41, 5.74) is 3.80. The van der Waals surface area contributed by atoms with E-state index in [1.54, 1.807) is 0 Å². The molecule has 0 N–H and O–H groups in total. The Morgan fingerprint density at radius 3 is 2.59 bits per heavy atom. The molecular weight excluding hydrogens is 279 g/mol. The van der Waals surface area contributed by atoms with Gasteiger partial charge < -0.3 is 4.74 Å². The van der Waals surface area contributed by atoms with E-state index in [9.17, 15) is 9.18 Å². The van der Waals surface area contributed by atoms with E-state index in [2.05, 4.69) is 33.8 Å². The topological polar surface area (TPSA) is 26.3 Å². The predicted molar refractivity (Wildman–Crippen MR) is 88.4 cm³/mol. The molecule has 0 unspecified atom stereocenters. The minimum Gasteiger partial charge on any atom is -0.493 e. The van der Waals surface area contributed by atoms with Crippen molar-refractivity contribution >= 4 is 11.4 Å². The number of fused-ring (bicyclic) bond motifs is 1. The van der Waals surface area contributed by atoms with Gasteiger partial charge in [-0.2, -0.15) is 0 Å². The van der Waals surface area contributed by atoms with Crippen molar-refractivity contribution in [3.63, 3.8) is 0 Å². The lowest BCUT2D eigenvalue weighted by molar-refractivity contribution is 0.0955. The Bertz CT molecular complexity index is 612. The van der Waals surface area contributed by atoms with Crippen LogP contribution >= 0.6 is 0 Å². The molecule has 0 heterocycles. The number of hydrogen-bond donors (Lipinski definition) is 0. The maximum absolute atomic E-state index is 12.9. The Balaban J connectivity index is 2.69. The number of ether oxygens (including phenoxy) is 1. The Kier molecular flexibility index (Phi) is 4.74. The number of ketones is 1. The molecule has 0 atom stereocenters. The largest absolute Gasteiger partial charge is 0.493 e. The zero-order valence-corrected chi connectivity index (χ0v) is 14.1. The molecule has 0 spiro atoms. The zero-order valence-electron chi connectivity index (χ0n) is 14.1. The summed E-state index contributed by atoms with van der Waals surface area (Å²) in [4.78, 5) is 12.0. The van der Waals surface area contributed by atoms with E-state index in [4.69, 9.17) is 4.74 Å². The highest BCUT2D eigenvalue weighted by Gasteiger charge is 2.31. The zero-order chi connectivity index (χ0) is 16.5. The van der Waals surface area contributed by atoms with Gasteiger partial charge in [-0.1, -0.05) is 33.8 Å². The third kappa shape index (κ3) is 2.94. The lowest BCUT2D eigenvalue weighted by Gasteiger charge is -2.34. The smallest absolute Gasteiger partial charge is 0.197 e. The van der Waals surface area contributed by atoms with Crippen LogP contribution in [0.25, 0.3) is 5.57 Å². The number of rotatable bonds is 5. The van der Waals surface area contributed by atoms with E-state index in [-0.39, 0.29) is 5.41 Å². The fourth-order valence-corrected chi connectivity index (χ4v) is 3.08. The van der Waals surface area contributed by atoms with Crippen LogP contribution in [0.2, 0.25) is 0 Å². The molecule has 0 saturated carbocycles. The number of halogens is 1. The summed E-state index contributed by atoms with van der Waals surface area (Å²) >= 11 is 0. The average Bonchev–Trinajstić information content (AvgIpc) is 2.46. The number of alkyl halides is 1. The van der Waals surface area contributed by atoms with Crippen LogP contribution < -0.4 is 4.74 Å². The first-order chi connectivity index (χ1) is 10.3. The van der Waals surface area contributed by atoms with Gasteiger partial charge in [-0.3, -0.25) is 4.79 Å². The molecule has 1 aliphatic rings. The minimum atomic E-state index is -0.997. The first-order valence-corrected chi connectivity index (χ1v) is 7.92. The van der Waals surface area contributed by atoms with Gasteiger partial charge in [-0.25, -0.2) is 4.39 Å². The molecule has 0 amide bonds. The van der Waals surface area contributed by atoms with Crippen LogP contribution in [-0.4, -0.2) is 19.1 Å². The summed E-state index contributed by atoms with van der Waals surface area (Å²) in [7, 11) is 0. The van der Waals surface area contributed by atoms with Gasteiger partial charge in [0.25, 0.3) is 0 Å². The Morgan fingerprint density at radius 2 is 2.05 bits per heavy atom. The van der Waals surface area contributed by atoms with Crippen LogP contribution in [0.5, 0.6) is 5.75 Å². The highest BCUT2D eigenvalue weighted by atomic mass is 19.1. The molecular formula is C19H25FO2. The van der Waals surface area contributed by atoms with Gasteiger partial charge in [0.2, 0.25) is 0 Å². The van der Waals surface area contributed by atoms with Gasteiger partial charge in [0, 0.05) is 0 Å². The molecule has 2 rings (SSSR count). The molecule has 0 radical (unpaired) electrons. The number of carbonyl (C=O) groups is 1. The minimum absolute atomic E-state index is 0.0170. The number of carbonyl (C=O) groups excluding carboxylic acids is 1. The molecule has 3 heteroatoms. The van der Waals surface area contributed by atoms with Gasteiger partial charge in [0.1, 0.15) is 5.75 Å². The van der Waals surface area contributed by atoms with Crippen molar-refractivity contribution in [1.82, 2.24) is 0 Å². The molecule has 2 nitrogen and oxygen atoms in total. The lowest BCUT2D eigenvalue weighted by atomic mass is 9.71. The highest BCUT2D eigenvalue weighted by molar-refractivity contribution is 6.00. The summed E-state index contributed by atoms with van der Waals surface area (Å²) in [6.45, 7) is 9.98. The van der Waals surface area contributed by atoms with Crippen molar-refractivity contribution in [2.75, 3.05) is 13.3 Å². The SMILES string of the molecule is CCOc1cc2c(cc1C(=O)CF)C(C(C)C)=CCC2(C)C. The second kappa shape index (κ2) is 6.23. The van der Waals surface area contributed by atoms with Crippen LogP contribution in [0.1, 0.15) is 62.5 Å². The molecule has 22 heavy (non-hydrogen) atoms. The summed E-state index contributed by atoms with van der Waals surface area (Å²) in [6.07, 6.45) is 3.20. The van der Waals surface area contributed by atoms with Gasteiger partial charge in [-0.15, -0.1) is 0 Å². The second-order valence-corrected chi connectivity index (χ2v) is 6.79. The van der Waals surface area contributed by atoms with Crippen molar-refractivity contribution in [2.45, 2.75) is 46.5 Å². The molecule has 120 valence electrons. The van der Waals surface area contributed by atoms with E-state index in [1.165, 1.54) is 11.1 Å². The number of Topliss-reactive ketones (excluding diaryl/α,β-unsaturated/α-hetero) is 1. The fraction of sp³-hybridized carbons (Fsp3) is 0.526. The fourth-order valence-electron chi connectivity index (χ4n) is 3.08. The van der Waals surface area contributed by atoms with Gasteiger partial charge in [-0.05, 0) is 53.5 Å². The highest BCUT2D eigenvalue weighted by Crippen LogP contribution is 2.44. The van der Waals surface area contributed by atoms with Crippen LogP contribution in [0.4, 0.5) is 4.39 Å². The van der Waals surface area contributed by atoms with Gasteiger partial charge in [0.15, 0.2) is 12.5 Å². The van der Waals surface area contributed by atoms with E-state index >= 15 is 0 Å². The normalized spacial score (nSPS) is 16.2. The van der Waals surface area contributed by atoms with Crippen LogP contribution in [0.3, 0.4) is 0 Å². The van der Waals surface area contributed by atoms with E-state index in [0.29, 0.717) is 23.8 Å². The number of allylic oxidation sites excluding steroid dienone is 2. The standard InChI is InChI=1S/C19H25FO2/c1-6-22-18-10-16-14(9-15(18)17(21)11-20)13(12(2)3)7-8-19(16,4)5/h7,9-10,12H,6,8,11H2,1-5H3. The second-order valence-electron chi connectivity index (χ2n) is 6.79. The number of hydrogen-bond acceptors (Lipinski definition) is 2. The number of benzene rings is 1. The summed E-state index contributed by atoms with van der Waals surface area (Å²) in [5.74, 6) is 0.348. The Morgan fingerprint density at radius 1 is 1.36 bits per heavy atom. The molecule has 0 fully saturated rings. The maximum Gasteiger partial charge on any atom is 0.197 e. The van der Waals surface area contributed by atoms with Crippen LogP contribution in [0.15, 0.2) is 18.2 Å². The van der Waals surface area contributed by atoms with E-state index < -0.39 is 12.5 Å². The predicted octanol–water partition coefficient (Wildman–Crippen LogP) is 4.96. The third-order valence-electron chi connectivity index (χ3n) is 4.34. The van der Waals surface area contributed by atoms with Crippen molar-refractivity contribution < 1.29 is 13.9 Å². The lowest BCUT2D eigenvalue weighted by Crippen LogP contribution is -2.23. The molecule has 0 bridgehead atoms. The average molecular weight is 304 g/mol. The van der Waals surface area contributed by atoms with Crippen LogP contribution in [-0.2, 0) is 5.41 Å². The first kappa shape index (κ1) is 16.7. The monoisotopic (exact) mass is 304 g/mol. The van der Waals surface area contributed by atoms with Crippen molar-refractivity contribution in [3.8, 4) is 5.75 Å².